The number of carbonyl (C=O) groups is 1. The van der Waals surface area contributed by atoms with Gasteiger partial charge in [-0.2, -0.15) is 0 Å². The molecule has 0 atom stereocenters. The van der Waals surface area contributed by atoms with Crippen molar-refractivity contribution in [2.24, 2.45) is 0 Å². The number of hydrogen-bond acceptors (Lipinski definition) is 4. The van der Waals surface area contributed by atoms with Crippen molar-refractivity contribution in [3.8, 4) is 17.6 Å². The Morgan fingerprint density at radius 1 is 1.24 bits per heavy atom. The van der Waals surface area contributed by atoms with Gasteiger partial charge in [0.25, 0.3) is 5.91 Å². The number of nitrogens with one attached hydrogen (secondary N) is 1. The van der Waals surface area contributed by atoms with Crippen LogP contribution >= 0.6 is 0 Å². The molecule has 0 aliphatic rings. The molecule has 2 aromatic heterocycles. The van der Waals surface area contributed by atoms with E-state index < -0.39 is 0 Å². The second-order valence-electron chi connectivity index (χ2n) is 4.20. The molecule has 5 heteroatoms. The summed E-state index contributed by atoms with van der Waals surface area (Å²) in [6.45, 7) is 2.45. The van der Waals surface area contributed by atoms with Crippen molar-refractivity contribution in [1.82, 2.24) is 15.3 Å². The fourth-order valence-corrected chi connectivity index (χ4v) is 1.50. The Morgan fingerprint density at radius 3 is 2.76 bits per heavy atom. The van der Waals surface area contributed by atoms with Crippen molar-refractivity contribution < 1.29 is 9.53 Å². The van der Waals surface area contributed by atoms with Crippen molar-refractivity contribution in [3.05, 3.63) is 54.1 Å². The van der Waals surface area contributed by atoms with Crippen molar-refractivity contribution in [1.29, 1.82) is 0 Å². The Morgan fingerprint density at radius 2 is 2.05 bits per heavy atom. The van der Waals surface area contributed by atoms with Crippen LogP contribution in [0.25, 0.3) is 0 Å². The van der Waals surface area contributed by atoms with Crippen molar-refractivity contribution >= 4 is 5.91 Å². The standard InChI is InChI=1S/C16H15N3O2/c1-13-4-5-15(12-19-13)21-11-3-2-8-18-16(20)14-6-9-17-10-7-14/h4-7,9-10,12H,8,11H2,1H3,(H,18,20). The zero-order valence-electron chi connectivity index (χ0n) is 11.7. The van der Waals surface area contributed by atoms with Crippen LogP contribution in [0, 0.1) is 18.8 Å². The van der Waals surface area contributed by atoms with Crippen molar-refractivity contribution in [2.75, 3.05) is 13.2 Å². The highest BCUT2D eigenvalue weighted by Gasteiger charge is 2.01. The Kier molecular flexibility index (Phi) is 5.30. The van der Waals surface area contributed by atoms with E-state index in [1.54, 1.807) is 30.7 Å². The van der Waals surface area contributed by atoms with Crippen LogP contribution in [0.3, 0.4) is 0 Å². The normalized spacial score (nSPS) is 9.38. The first-order chi connectivity index (χ1) is 10.3. The number of carbonyl (C=O) groups excluding carboxylic acids is 1. The van der Waals surface area contributed by atoms with Gasteiger partial charge < -0.3 is 10.1 Å². The van der Waals surface area contributed by atoms with E-state index >= 15 is 0 Å². The molecule has 0 fully saturated rings. The highest BCUT2D eigenvalue weighted by Crippen LogP contribution is 2.07. The third-order valence-corrected chi connectivity index (χ3v) is 2.60. The minimum Gasteiger partial charge on any atom is -0.479 e. The average Bonchev–Trinajstić information content (AvgIpc) is 2.53. The first-order valence-electron chi connectivity index (χ1n) is 6.45. The van der Waals surface area contributed by atoms with Gasteiger partial charge in [0.1, 0.15) is 12.4 Å². The molecule has 0 saturated heterocycles. The molecule has 0 aromatic carbocycles. The predicted molar refractivity (Wildman–Crippen MR) is 78.8 cm³/mol. The number of aromatic nitrogens is 2. The largest absolute Gasteiger partial charge is 0.479 e. The van der Waals surface area contributed by atoms with Crippen LogP contribution in [-0.4, -0.2) is 29.0 Å². The van der Waals surface area contributed by atoms with Crippen LogP contribution in [0.4, 0.5) is 0 Å². The van der Waals surface area contributed by atoms with E-state index in [9.17, 15) is 4.79 Å². The van der Waals surface area contributed by atoms with Gasteiger partial charge in [-0.3, -0.25) is 14.8 Å². The zero-order chi connectivity index (χ0) is 14.9. The molecular weight excluding hydrogens is 266 g/mol. The number of rotatable bonds is 4. The maximum absolute atomic E-state index is 11.7. The minimum atomic E-state index is -0.171. The fourth-order valence-electron chi connectivity index (χ4n) is 1.50. The molecule has 21 heavy (non-hydrogen) atoms. The molecule has 0 bridgehead atoms. The maximum atomic E-state index is 11.7. The van der Waals surface area contributed by atoms with Gasteiger partial charge in [-0.05, 0) is 31.2 Å². The second kappa shape index (κ2) is 7.65. The van der Waals surface area contributed by atoms with E-state index in [1.165, 1.54) is 0 Å². The van der Waals surface area contributed by atoms with Gasteiger partial charge in [0.2, 0.25) is 0 Å². The number of hydrogen-bond donors (Lipinski definition) is 1. The number of aryl methyl sites for hydroxylation is 1. The topological polar surface area (TPSA) is 64.1 Å². The molecule has 2 rings (SSSR count). The quantitative estimate of drug-likeness (QED) is 0.865. The molecule has 0 radical (unpaired) electrons. The predicted octanol–water partition coefficient (Wildman–Crippen LogP) is 1.60. The molecule has 0 saturated carbocycles. The van der Waals surface area contributed by atoms with Gasteiger partial charge >= 0.3 is 0 Å². The molecule has 106 valence electrons. The van der Waals surface area contributed by atoms with Crippen LogP contribution < -0.4 is 10.1 Å². The molecule has 2 heterocycles. The van der Waals surface area contributed by atoms with Crippen molar-refractivity contribution in [3.63, 3.8) is 0 Å². The van der Waals surface area contributed by atoms with E-state index in [0.717, 1.165) is 5.69 Å². The minimum absolute atomic E-state index is 0.171. The molecule has 5 nitrogen and oxygen atoms in total. The van der Waals surface area contributed by atoms with Crippen LogP contribution in [0.1, 0.15) is 16.1 Å². The number of pyridine rings is 2. The Bertz CT molecular complexity index is 643. The lowest BCUT2D eigenvalue weighted by Crippen LogP contribution is -2.23. The molecule has 1 N–H and O–H groups in total. The summed E-state index contributed by atoms with van der Waals surface area (Å²) < 4.78 is 5.40. The summed E-state index contributed by atoms with van der Waals surface area (Å²) in [5.74, 6) is 6.16. The van der Waals surface area contributed by atoms with E-state index in [-0.39, 0.29) is 19.1 Å². The lowest BCUT2D eigenvalue weighted by molar-refractivity contribution is 0.0958. The lowest BCUT2D eigenvalue weighted by Gasteiger charge is -2.01. The van der Waals surface area contributed by atoms with Crippen LogP contribution in [-0.2, 0) is 0 Å². The smallest absolute Gasteiger partial charge is 0.252 e. The Balaban J connectivity index is 1.70. The summed E-state index contributed by atoms with van der Waals surface area (Å²) in [7, 11) is 0. The van der Waals surface area contributed by atoms with Gasteiger partial charge in [-0.1, -0.05) is 11.8 Å². The van der Waals surface area contributed by atoms with Gasteiger partial charge in [0, 0.05) is 23.7 Å². The summed E-state index contributed by atoms with van der Waals surface area (Å²) in [6, 6.07) is 7.01. The highest BCUT2D eigenvalue weighted by molar-refractivity contribution is 5.94. The molecule has 2 aromatic rings. The molecule has 0 unspecified atom stereocenters. The summed E-state index contributed by atoms with van der Waals surface area (Å²) in [6.07, 6.45) is 4.80. The number of ether oxygens (including phenoxy) is 1. The monoisotopic (exact) mass is 281 g/mol. The highest BCUT2D eigenvalue weighted by atomic mass is 16.5. The third-order valence-electron chi connectivity index (χ3n) is 2.60. The Labute approximate surface area is 123 Å². The van der Waals surface area contributed by atoms with Crippen LogP contribution in [0.5, 0.6) is 5.75 Å². The zero-order valence-corrected chi connectivity index (χ0v) is 11.7. The van der Waals surface area contributed by atoms with E-state index in [1.807, 2.05) is 19.1 Å². The van der Waals surface area contributed by atoms with E-state index in [4.69, 9.17) is 4.74 Å². The van der Waals surface area contributed by atoms with Gasteiger partial charge in [0.15, 0.2) is 0 Å². The van der Waals surface area contributed by atoms with Crippen molar-refractivity contribution in [2.45, 2.75) is 6.92 Å². The number of nitrogens with zero attached hydrogens (tertiary/aromatic N) is 2. The first kappa shape index (κ1) is 14.5. The van der Waals surface area contributed by atoms with Crippen LogP contribution in [0.15, 0.2) is 42.9 Å². The summed E-state index contributed by atoms with van der Waals surface area (Å²) in [5, 5.41) is 2.70. The molecule has 1 amide bonds. The van der Waals surface area contributed by atoms with E-state index in [0.29, 0.717) is 11.3 Å². The van der Waals surface area contributed by atoms with E-state index in [2.05, 4.69) is 27.1 Å². The lowest BCUT2D eigenvalue weighted by atomic mass is 10.2. The summed E-state index contributed by atoms with van der Waals surface area (Å²) in [5.41, 5.74) is 1.50. The Hall–Kier alpha value is -2.87. The summed E-state index contributed by atoms with van der Waals surface area (Å²) in [4.78, 5) is 19.7. The third kappa shape index (κ3) is 4.96. The average molecular weight is 281 g/mol. The SMILES string of the molecule is Cc1ccc(OCC#CCNC(=O)c2ccncc2)cn1. The molecule has 0 aliphatic heterocycles. The van der Waals surface area contributed by atoms with Gasteiger partial charge in [0.05, 0.1) is 12.7 Å². The first-order valence-corrected chi connectivity index (χ1v) is 6.45. The molecular formula is C16H15N3O2. The van der Waals surface area contributed by atoms with Gasteiger partial charge in [-0.15, -0.1) is 0 Å². The molecule has 0 spiro atoms. The molecule has 0 aliphatic carbocycles. The van der Waals surface area contributed by atoms with Gasteiger partial charge in [-0.25, -0.2) is 0 Å². The second-order valence-corrected chi connectivity index (χ2v) is 4.20. The maximum Gasteiger partial charge on any atom is 0.252 e. The number of amides is 1. The fraction of sp³-hybridized carbons (Fsp3) is 0.188. The van der Waals surface area contributed by atoms with Crippen LogP contribution in [0.2, 0.25) is 0 Å². The summed E-state index contributed by atoms with van der Waals surface area (Å²) >= 11 is 0.